The van der Waals surface area contributed by atoms with Gasteiger partial charge >= 0.3 is 0 Å². The second-order valence-corrected chi connectivity index (χ2v) is 11.6. The SMILES string of the molecule is c1ccc(-c2ccc(-n3c4ccc5ccccc5c4c4c5ccccc5c5c6ccccc6sc5c43)cc2)cc1. The fraction of sp³-hybridized carbons (Fsp3) is 0. The van der Waals surface area contributed by atoms with Crippen molar-refractivity contribution >= 4 is 74.9 Å². The Morgan fingerprint density at radius 3 is 1.85 bits per heavy atom. The summed E-state index contributed by atoms with van der Waals surface area (Å²) in [5.41, 5.74) is 6.20. The van der Waals surface area contributed by atoms with Crippen LogP contribution in [0.1, 0.15) is 0 Å². The smallest absolute Gasteiger partial charge is 0.0726 e. The third kappa shape index (κ3) is 2.97. The lowest BCUT2D eigenvalue weighted by Crippen LogP contribution is -1.94. The molecule has 0 N–H and O–H groups in total. The van der Waals surface area contributed by atoms with Gasteiger partial charge in [0.2, 0.25) is 0 Å². The van der Waals surface area contributed by atoms with E-state index in [-0.39, 0.29) is 0 Å². The molecule has 0 spiro atoms. The number of rotatable bonds is 2. The summed E-state index contributed by atoms with van der Waals surface area (Å²) in [6.07, 6.45) is 0. The highest BCUT2D eigenvalue weighted by molar-refractivity contribution is 7.27. The second-order valence-electron chi connectivity index (χ2n) is 10.5. The quantitative estimate of drug-likeness (QED) is 0.211. The van der Waals surface area contributed by atoms with Crippen molar-refractivity contribution in [2.75, 3.05) is 0 Å². The molecule has 9 aromatic rings. The first-order valence-electron chi connectivity index (χ1n) is 13.7. The summed E-state index contributed by atoms with van der Waals surface area (Å²) in [4.78, 5) is 0. The van der Waals surface area contributed by atoms with Gasteiger partial charge in [0.25, 0.3) is 0 Å². The molecule has 0 aliphatic heterocycles. The van der Waals surface area contributed by atoms with Crippen molar-refractivity contribution < 1.29 is 0 Å². The van der Waals surface area contributed by atoms with Crippen LogP contribution in [0.4, 0.5) is 0 Å². The monoisotopic (exact) mass is 525 g/mol. The Hall–Kier alpha value is -4.92. The molecule has 186 valence electrons. The largest absolute Gasteiger partial charge is 0.308 e. The van der Waals surface area contributed by atoms with Crippen molar-refractivity contribution in [2.24, 2.45) is 0 Å². The van der Waals surface area contributed by atoms with Gasteiger partial charge in [0.15, 0.2) is 0 Å². The Balaban J connectivity index is 1.52. The van der Waals surface area contributed by atoms with Gasteiger partial charge < -0.3 is 4.57 Å². The van der Waals surface area contributed by atoms with E-state index < -0.39 is 0 Å². The second kappa shape index (κ2) is 8.29. The molecule has 0 fully saturated rings. The van der Waals surface area contributed by atoms with Gasteiger partial charge in [-0.25, -0.2) is 0 Å². The summed E-state index contributed by atoms with van der Waals surface area (Å²) in [6.45, 7) is 0. The number of benzene rings is 7. The van der Waals surface area contributed by atoms with E-state index in [1.54, 1.807) is 0 Å². The minimum absolute atomic E-state index is 1.18. The van der Waals surface area contributed by atoms with E-state index in [2.05, 4.69) is 144 Å². The Bertz CT molecular complexity index is 2410. The van der Waals surface area contributed by atoms with Crippen molar-refractivity contribution in [3.05, 3.63) is 140 Å². The van der Waals surface area contributed by atoms with Gasteiger partial charge in [0.05, 0.1) is 15.7 Å². The number of hydrogen-bond donors (Lipinski definition) is 0. The predicted octanol–water partition coefficient (Wildman–Crippen LogP) is 11.1. The van der Waals surface area contributed by atoms with Crippen molar-refractivity contribution in [2.45, 2.75) is 0 Å². The van der Waals surface area contributed by atoms with Gasteiger partial charge in [0.1, 0.15) is 0 Å². The number of fused-ring (bicyclic) bond motifs is 12. The Labute approximate surface area is 235 Å². The molecule has 7 aromatic carbocycles. The van der Waals surface area contributed by atoms with E-state index >= 15 is 0 Å². The van der Waals surface area contributed by atoms with E-state index in [4.69, 9.17) is 0 Å². The predicted molar refractivity (Wildman–Crippen MR) is 174 cm³/mol. The highest BCUT2D eigenvalue weighted by Crippen LogP contribution is 2.49. The zero-order valence-electron chi connectivity index (χ0n) is 21.6. The van der Waals surface area contributed by atoms with Crippen LogP contribution < -0.4 is 0 Å². The number of nitrogens with zero attached hydrogens (tertiary/aromatic N) is 1. The van der Waals surface area contributed by atoms with Crippen LogP contribution >= 0.6 is 11.3 Å². The summed E-state index contributed by atoms with van der Waals surface area (Å²) in [7, 11) is 0. The van der Waals surface area contributed by atoms with Crippen molar-refractivity contribution in [3.8, 4) is 16.8 Å². The highest BCUT2D eigenvalue weighted by Gasteiger charge is 2.22. The standard InChI is InChI=1S/C38H23NS/c1-2-10-24(11-3-1)25-18-21-27(22-19-25)39-32-23-20-26-12-4-5-13-28(26)35(32)36-30-15-7-6-14-29(30)34-31-16-8-9-17-33(31)40-38(34)37(36)39/h1-23H. The molecule has 0 atom stereocenters. The van der Waals surface area contributed by atoms with E-state index in [1.807, 2.05) is 11.3 Å². The summed E-state index contributed by atoms with van der Waals surface area (Å²) in [5, 5.41) is 10.6. The molecule has 0 bridgehead atoms. The first-order chi connectivity index (χ1) is 19.9. The van der Waals surface area contributed by atoms with Crippen LogP contribution in [0.5, 0.6) is 0 Å². The highest BCUT2D eigenvalue weighted by atomic mass is 32.1. The fourth-order valence-corrected chi connectivity index (χ4v) is 7.90. The van der Waals surface area contributed by atoms with Gasteiger partial charge in [-0.1, -0.05) is 115 Å². The fourth-order valence-electron chi connectivity index (χ4n) is 6.64. The Morgan fingerprint density at radius 1 is 0.425 bits per heavy atom. The maximum absolute atomic E-state index is 2.51. The number of aromatic nitrogens is 1. The molecule has 0 aliphatic carbocycles. The molecule has 40 heavy (non-hydrogen) atoms. The average molecular weight is 526 g/mol. The molecule has 0 saturated heterocycles. The zero-order valence-corrected chi connectivity index (χ0v) is 22.5. The lowest BCUT2D eigenvalue weighted by molar-refractivity contribution is 1.19. The minimum atomic E-state index is 1.18. The average Bonchev–Trinajstić information content (AvgIpc) is 3.59. The molecule has 0 amide bonds. The van der Waals surface area contributed by atoms with Crippen LogP contribution in [0, 0.1) is 0 Å². The molecule has 0 unspecified atom stereocenters. The van der Waals surface area contributed by atoms with Crippen molar-refractivity contribution in [1.82, 2.24) is 4.57 Å². The van der Waals surface area contributed by atoms with E-state index in [0.29, 0.717) is 0 Å². The molecule has 2 heterocycles. The molecular weight excluding hydrogens is 502 g/mol. The minimum Gasteiger partial charge on any atom is -0.308 e. The van der Waals surface area contributed by atoms with Crippen LogP contribution in [0.3, 0.4) is 0 Å². The maximum Gasteiger partial charge on any atom is 0.0726 e. The summed E-state index contributed by atoms with van der Waals surface area (Å²) >= 11 is 1.91. The molecular formula is C38H23NS. The molecule has 2 aromatic heterocycles. The zero-order chi connectivity index (χ0) is 26.2. The van der Waals surface area contributed by atoms with E-state index in [9.17, 15) is 0 Å². The third-order valence-electron chi connectivity index (χ3n) is 8.37. The molecule has 9 rings (SSSR count). The number of thiophene rings is 1. The van der Waals surface area contributed by atoms with Crippen molar-refractivity contribution in [3.63, 3.8) is 0 Å². The van der Waals surface area contributed by atoms with Crippen LogP contribution in [-0.2, 0) is 0 Å². The molecule has 1 nitrogen and oxygen atoms in total. The topological polar surface area (TPSA) is 4.93 Å². The normalized spacial score (nSPS) is 12.0. The summed E-state index contributed by atoms with van der Waals surface area (Å²) in [6, 6.07) is 51.0. The first kappa shape index (κ1) is 22.0. The molecule has 2 heteroatoms. The van der Waals surface area contributed by atoms with Crippen LogP contribution in [0.25, 0.3) is 80.3 Å². The van der Waals surface area contributed by atoms with Gasteiger partial charge in [-0.15, -0.1) is 11.3 Å². The molecule has 0 aliphatic rings. The number of hydrogen-bond acceptors (Lipinski definition) is 1. The first-order valence-corrected chi connectivity index (χ1v) is 14.5. The van der Waals surface area contributed by atoms with E-state index in [1.165, 1.54) is 80.3 Å². The lowest BCUT2D eigenvalue weighted by Gasteiger charge is -2.11. The van der Waals surface area contributed by atoms with Gasteiger partial charge in [-0.05, 0) is 56.9 Å². The Morgan fingerprint density at radius 2 is 1.05 bits per heavy atom. The third-order valence-corrected chi connectivity index (χ3v) is 9.54. The van der Waals surface area contributed by atoms with Gasteiger partial charge in [-0.3, -0.25) is 0 Å². The van der Waals surface area contributed by atoms with Crippen LogP contribution in [0.15, 0.2) is 140 Å². The van der Waals surface area contributed by atoms with Crippen molar-refractivity contribution in [1.29, 1.82) is 0 Å². The van der Waals surface area contributed by atoms with E-state index in [0.717, 1.165) is 0 Å². The molecule has 0 saturated carbocycles. The molecule has 0 radical (unpaired) electrons. The van der Waals surface area contributed by atoms with Crippen LogP contribution in [0.2, 0.25) is 0 Å². The summed E-state index contributed by atoms with van der Waals surface area (Å²) < 4.78 is 5.19. The van der Waals surface area contributed by atoms with Gasteiger partial charge in [0, 0.05) is 31.9 Å². The summed E-state index contributed by atoms with van der Waals surface area (Å²) in [5.74, 6) is 0. The van der Waals surface area contributed by atoms with Gasteiger partial charge in [-0.2, -0.15) is 0 Å². The maximum atomic E-state index is 2.51. The van der Waals surface area contributed by atoms with Crippen LogP contribution in [-0.4, -0.2) is 4.57 Å². The Kier molecular flexibility index (Phi) is 4.55. The lowest BCUT2D eigenvalue weighted by atomic mass is 9.97.